The van der Waals surface area contributed by atoms with Crippen LogP contribution in [-0.4, -0.2) is 42.0 Å². The molecule has 5 nitrogen and oxygen atoms in total. The molecule has 1 aliphatic rings. The van der Waals surface area contributed by atoms with Crippen LogP contribution in [0.15, 0.2) is 18.5 Å². The van der Waals surface area contributed by atoms with Crippen molar-refractivity contribution in [1.29, 1.82) is 0 Å². The lowest BCUT2D eigenvalue weighted by Gasteiger charge is -2.10. The molecule has 1 aliphatic heterocycles. The highest BCUT2D eigenvalue weighted by atomic mass is 16.5. The Bertz CT molecular complexity index is 341. The van der Waals surface area contributed by atoms with Gasteiger partial charge in [-0.25, -0.2) is 0 Å². The average molecular weight is 223 g/mol. The van der Waals surface area contributed by atoms with Crippen LogP contribution < -0.4 is 10.2 Å². The molecule has 0 aliphatic carbocycles. The highest BCUT2D eigenvalue weighted by Crippen LogP contribution is 2.14. The lowest BCUT2D eigenvalue weighted by Crippen LogP contribution is -2.30. The van der Waals surface area contributed by atoms with E-state index in [4.69, 9.17) is 19.5 Å². The Morgan fingerprint density at radius 2 is 2.38 bits per heavy atom. The zero-order valence-electron chi connectivity index (χ0n) is 8.87. The lowest BCUT2D eigenvalue weighted by atomic mass is 9.82. The Labute approximate surface area is 94.2 Å². The van der Waals surface area contributed by atoms with E-state index in [-0.39, 0.29) is 0 Å². The van der Waals surface area contributed by atoms with Gasteiger partial charge in [0, 0.05) is 24.2 Å². The average Bonchev–Trinajstić information content (AvgIpc) is 2.79. The first kappa shape index (κ1) is 11.4. The van der Waals surface area contributed by atoms with E-state index in [1.807, 2.05) is 0 Å². The largest absolute Gasteiger partial charge is 0.492 e. The van der Waals surface area contributed by atoms with Crippen LogP contribution in [0.5, 0.6) is 5.75 Å². The van der Waals surface area contributed by atoms with Crippen LogP contribution in [0.2, 0.25) is 0 Å². The summed E-state index contributed by atoms with van der Waals surface area (Å²) in [6.07, 6.45) is 3.97. The third kappa shape index (κ3) is 2.94. The molecule has 1 aromatic rings. The van der Waals surface area contributed by atoms with E-state index >= 15 is 0 Å². The van der Waals surface area contributed by atoms with Crippen LogP contribution in [0.4, 0.5) is 0 Å². The van der Waals surface area contributed by atoms with Gasteiger partial charge >= 0.3 is 7.12 Å². The molecule has 0 amide bonds. The molecule has 1 unspecified atom stereocenters. The zero-order chi connectivity index (χ0) is 11.4. The molecule has 2 heterocycles. The summed E-state index contributed by atoms with van der Waals surface area (Å²) in [6.45, 7) is 2.10. The Morgan fingerprint density at radius 3 is 3.06 bits per heavy atom. The smallest absolute Gasteiger partial charge is 0.490 e. The molecule has 1 saturated heterocycles. The van der Waals surface area contributed by atoms with Gasteiger partial charge in [-0.2, -0.15) is 0 Å². The predicted octanol–water partition coefficient (Wildman–Crippen LogP) is -0.823. The molecular weight excluding hydrogens is 209 g/mol. The van der Waals surface area contributed by atoms with Crippen molar-refractivity contribution in [2.24, 2.45) is 5.92 Å². The number of hydrogen-bond donors (Lipinski definition) is 2. The quantitative estimate of drug-likeness (QED) is 0.652. The molecule has 1 fully saturated rings. The minimum Gasteiger partial charge on any atom is -0.492 e. The van der Waals surface area contributed by atoms with Gasteiger partial charge in [0.15, 0.2) is 0 Å². The summed E-state index contributed by atoms with van der Waals surface area (Å²) in [4.78, 5) is 3.87. The van der Waals surface area contributed by atoms with Gasteiger partial charge in [0.25, 0.3) is 0 Å². The van der Waals surface area contributed by atoms with Gasteiger partial charge in [-0.3, -0.25) is 4.98 Å². The second kappa shape index (κ2) is 5.29. The van der Waals surface area contributed by atoms with Gasteiger partial charge in [-0.15, -0.1) is 0 Å². The molecule has 86 valence electrons. The van der Waals surface area contributed by atoms with E-state index < -0.39 is 7.12 Å². The van der Waals surface area contributed by atoms with Crippen molar-refractivity contribution >= 4 is 12.6 Å². The van der Waals surface area contributed by atoms with Crippen molar-refractivity contribution in [2.45, 2.75) is 6.42 Å². The molecule has 1 atom stereocenters. The Morgan fingerprint density at radius 1 is 1.50 bits per heavy atom. The molecule has 0 bridgehead atoms. The maximum absolute atomic E-state index is 8.97. The van der Waals surface area contributed by atoms with E-state index in [0.717, 1.165) is 19.6 Å². The second-order valence-electron chi connectivity index (χ2n) is 3.87. The van der Waals surface area contributed by atoms with Crippen LogP contribution in [0.25, 0.3) is 0 Å². The van der Waals surface area contributed by atoms with Gasteiger partial charge in [0.1, 0.15) is 5.75 Å². The summed E-state index contributed by atoms with van der Waals surface area (Å²) in [6, 6.07) is 1.58. The molecule has 16 heavy (non-hydrogen) atoms. The monoisotopic (exact) mass is 223 g/mol. The summed E-state index contributed by atoms with van der Waals surface area (Å²) >= 11 is 0. The summed E-state index contributed by atoms with van der Waals surface area (Å²) in [5.74, 6) is 0.972. The van der Waals surface area contributed by atoms with Crippen LogP contribution >= 0.6 is 0 Å². The molecule has 2 rings (SSSR count). The van der Waals surface area contributed by atoms with Gasteiger partial charge in [-0.05, 0) is 12.5 Å². The van der Waals surface area contributed by atoms with Crippen molar-refractivity contribution in [3.63, 3.8) is 0 Å². The summed E-state index contributed by atoms with van der Waals surface area (Å²) in [5, 5.41) is 17.9. The first-order chi connectivity index (χ1) is 7.75. The summed E-state index contributed by atoms with van der Waals surface area (Å²) < 4.78 is 10.7. The molecular formula is C10H14BNO4. The van der Waals surface area contributed by atoms with Gasteiger partial charge in [0.05, 0.1) is 19.4 Å². The van der Waals surface area contributed by atoms with Gasteiger partial charge in [0.2, 0.25) is 0 Å². The highest BCUT2D eigenvalue weighted by Gasteiger charge is 2.17. The van der Waals surface area contributed by atoms with Crippen molar-refractivity contribution in [1.82, 2.24) is 4.98 Å². The van der Waals surface area contributed by atoms with Crippen molar-refractivity contribution in [3.8, 4) is 5.75 Å². The first-order valence-corrected chi connectivity index (χ1v) is 5.27. The topological polar surface area (TPSA) is 71.8 Å². The molecule has 0 spiro atoms. The fourth-order valence-corrected chi connectivity index (χ4v) is 1.58. The Hall–Kier alpha value is -1.11. The minimum absolute atomic E-state index is 0.333. The van der Waals surface area contributed by atoms with Gasteiger partial charge < -0.3 is 19.5 Å². The van der Waals surface area contributed by atoms with Crippen molar-refractivity contribution in [3.05, 3.63) is 18.5 Å². The van der Waals surface area contributed by atoms with Crippen LogP contribution in [0, 0.1) is 5.92 Å². The van der Waals surface area contributed by atoms with E-state index in [0.29, 0.717) is 23.7 Å². The maximum atomic E-state index is 8.97. The molecule has 6 heteroatoms. The predicted molar refractivity (Wildman–Crippen MR) is 58.5 cm³/mol. The van der Waals surface area contributed by atoms with Crippen LogP contribution in [-0.2, 0) is 4.74 Å². The van der Waals surface area contributed by atoms with Crippen molar-refractivity contribution < 1.29 is 19.5 Å². The lowest BCUT2D eigenvalue weighted by molar-refractivity contribution is 0.167. The van der Waals surface area contributed by atoms with Crippen LogP contribution in [0.1, 0.15) is 6.42 Å². The van der Waals surface area contributed by atoms with Crippen LogP contribution in [0.3, 0.4) is 0 Å². The highest BCUT2D eigenvalue weighted by molar-refractivity contribution is 6.58. The van der Waals surface area contributed by atoms with E-state index in [9.17, 15) is 0 Å². The zero-order valence-corrected chi connectivity index (χ0v) is 8.87. The standard InChI is InChI=1S/C10H14BNO4/c13-11(14)9-3-10(5-12-4-9)16-7-8-1-2-15-6-8/h3-5,8,13-14H,1-2,6-7H2. The fourth-order valence-electron chi connectivity index (χ4n) is 1.58. The molecule has 2 N–H and O–H groups in total. The van der Waals surface area contributed by atoms with E-state index in [1.165, 1.54) is 6.20 Å². The number of aromatic nitrogens is 1. The van der Waals surface area contributed by atoms with E-state index in [1.54, 1.807) is 12.3 Å². The third-order valence-corrected chi connectivity index (χ3v) is 2.54. The number of rotatable bonds is 4. The third-order valence-electron chi connectivity index (χ3n) is 2.54. The number of nitrogens with zero attached hydrogens (tertiary/aromatic N) is 1. The molecule has 0 saturated carbocycles. The molecule has 1 aromatic heterocycles. The van der Waals surface area contributed by atoms with Gasteiger partial charge in [-0.1, -0.05) is 0 Å². The van der Waals surface area contributed by atoms with E-state index in [2.05, 4.69) is 4.98 Å². The summed E-state index contributed by atoms with van der Waals surface area (Å²) in [7, 11) is -1.51. The number of pyridine rings is 1. The Balaban J connectivity index is 1.90. The molecule has 0 radical (unpaired) electrons. The first-order valence-electron chi connectivity index (χ1n) is 5.27. The Kier molecular flexibility index (Phi) is 3.76. The fraction of sp³-hybridized carbons (Fsp3) is 0.500. The second-order valence-corrected chi connectivity index (χ2v) is 3.87. The number of hydrogen-bond acceptors (Lipinski definition) is 5. The molecule has 0 aromatic carbocycles. The maximum Gasteiger partial charge on any atom is 0.490 e. The summed E-state index contributed by atoms with van der Waals surface area (Å²) in [5.41, 5.74) is 0.333. The normalized spacial score (nSPS) is 19.8. The minimum atomic E-state index is -1.51. The SMILES string of the molecule is OB(O)c1cncc(OCC2CCOC2)c1. The number of ether oxygens (including phenoxy) is 2. The van der Waals surface area contributed by atoms with Crippen molar-refractivity contribution in [2.75, 3.05) is 19.8 Å².